The van der Waals surface area contributed by atoms with Gasteiger partial charge in [0.1, 0.15) is 4.83 Å². The number of aryl methyl sites for hydroxylation is 1. The second-order valence-electron chi connectivity index (χ2n) is 6.45. The van der Waals surface area contributed by atoms with Crippen molar-refractivity contribution in [2.24, 2.45) is 7.05 Å². The monoisotopic (exact) mass is 441 g/mol. The predicted molar refractivity (Wildman–Crippen MR) is 123 cm³/mol. The maximum Gasteiger partial charge on any atom is 0.263 e. The van der Waals surface area contributed by atoms with Crippen LogP contribution in [0.2, 0.25) is 0 Å². The van der Waals surface area contributed by atoms with E-state index in [9.17, 15) is 9.59 Å². The van der Waals surface area contributed by atoms with E-state index in [-0.39, 0.29) is 17.2 Å². The highest BCUT2D eigenvalue weighted by atomic mass is 32.2. The van der Waals surface area contributed by atoms with Crippen molar-refractivity contribution in [1.82, 2.24) is 9.55 Å². The first-order chi connectivity index (χ1) is 14.1. The predicted octanol–water partition coefficient (Wildman–Crippen LogP) is 5.02. The Morgan fingerprint density at radius 1 is 1.21 bits per heavy atom. The molecule has 4 aromatic rings. The van der Waals surface area contributed by atoms with E-state index in [1.807, 2.05) is 47.2 Å². The van der Waals surface area contributed by atoms with Gasteiger partial charge in [-0.05, 0) is 35.6 Å². The molecule has 0 saturated carbocycles. The lowest BCUT2D eigenvalue weighted by atomic mass is 10.1. The largest absolute Gasteiger partial charge is 0.325 e. The summed E-state index contributed by atoms with van der Waals surface area (Å²) in [6, 6.07) is 11.8. The third-order valence-corrected chi connectivity index (χ3v) is 7.34. The van der Waals surface area contributed by atoms with E-state index in [0.717, 1.165) is 22.5 Å². The second kappa shape index (κ2) is 8.52. The van der Waals surface area contributed by atoms with Crippen LogP contribution < -0.4 is 10.9 Å². The van der Waals surface area contributed by atoms with Crippen LogP contribution in [0.4, 0.5) is 5.69 Å². The third-order valence-electron chi connectivity index (χ3n) is 4.54. The number of carbonyl (C=O) groups excluding carboxylic acids is 1. The highest BCUT2D eigenvalue weighted by molar-refractivity contribution is 7.99. The van der Waals surface area contributed by atoms with Crippen LogP contribution in [0, 0.1) is 0 Å². The van der Waals surface area contributed by atoms with Crippen LogP contribution >= 0.6 is 34.4 Å². The van der Waals surface area contributed by atoms with Crippen LogP contribution in [0.3, 0.4) is 0 Å². The normalized spacial score (nSPS) is 11.1. The molecule has 0 aliphatic heterocycles. The molecule has 0 aliphatic rings. The fourth-order valence-electron chi connectivity index (χ4n) is 2.95. The van der Waals surface area contributed by atoms with Gasteiger partial charge in [-0.25, -0.2) is 4.98 Å². The molecule has 0 radical (unpaired) electrons. The van der Waals surface area contributed by atoms with E-state index in [1.54, 1.807) is 18.4 Å². The molecule has 0 fully saturated rings. The Bertz CT molecular complexity index is 1210. The lowest BCUT2D eigenvalue weighted by Gasteiger charge is -2.08. The number of carbonyl (C=O) groups is 1. The molecule has 29 heavy (non-hydrogen) atoms. The molecule has 0 unspecified atom stereocenters. The van der Waals surface area contributed by atoms with Gasteiger partial charge >= 0.3 is 0 Å². The van der Waals surface area contributed by atoms with E-state index in [2.05, 4.69) is 17.2 Å². The summed E-state index contributed by atoms with van der Waals surface area (Å²) in [4.78, 5) is 31.7. The number of nitrogens with zero attached hydrogens (tertiary/aromatic N) is 2. The lowest BCUT2D eigenvalue weighted by molar-refractivity contribution is -0.113. The fourth-order valence-corrected chi connectivity index (χ4v) is 5.52. The summed E-state index contributed by atoms with van der Waals surface area (Å²) in [6.07, 6.45) is 0.961. The van der Waals surface area contributed by atoms with Crippen LogP contribution in [0.25, 0.3) is 20.7 Å². The zero-order valence-corrected chi connectivity index (χ0v) is 18.4. The Kier molecular flexibility index (Phi) is 5.84. The van der Waals surface area contributed by atoms with Gasteiger partial charge in [-0.2, -0.15) is 0 Å². The van der Waals surface area contributed by atoms with Gasteiger partial charge in [-0.3, -0.25) is 14.2 Å². The molecular weight excluding hydrogens is 422 g/mol. The van der Waals surface area contributed by atoms with Crippen molar-refractivity contribution in [3.8, 4) is 10.4 Å². The Morgan fingerprint density at radius 3 is 2.69 bits per heavy atom. The molecule has 3 aromatic heterocycles. The molecule has 1 amide bonds. The van der Waals surface area contributed by atoms with Crippen molar-refractivity contribution >= 4 is 56.2 Å². The van der Waals surface area contributed by atoms with E-state index < -0.39 is 0 Å². The number of thioether (sulfide) groups is 1. The molecule has 0 saturated heterocycles. The fraction of sp³-hybridized carbons (Fsp3) is 0.190. The molecule has 148 valence electrons. The summed E-state index contributed by atoms with van der Waals surface area (Å²) in [5, 5.41) is 8.04. The molecule has 0 atom stereocenters. The molecule has 0 aliphatic carbocycles. The summed E-state index contributed by atoms with van der Waals surface area (Å²) in [6.45, 7) is 2.09. The number of aromatic nitrogens is 2. The quantitative estimate of drug-likeness (QED) is 0.337. The van der Waals surface area contributed by atoms with Gasteiger partial charge in [-0.1, -0.05) is 36.9 Å². The van der Waals surface area contributed by atoms with E-state index in [0.29, 0.717) is 15.4 Å². The van der Waals surface area contributed by atoms with Crippen LogP contribution in [0.1, 0.15) is 12.5 Å². The minimum absolute atomic E-state index is 0.0855. The number of fused-ring (bicyclic) bond motifs is 1. The molecule has 1 N–H and O–H groups in total. The van der Waals surface area contributed by atoms with E-state index in [1.165, 1.54) is 33.2 Å². The van der Waals surface area contributed by atoms with Gasteiger partial charge < -0.3 is 5.32 Å². The molecule has 1 aromatic carbocycles. The van der Waals surface area contributed by atoms with Crippen molar-refractivity contribution in [3.05, 3.63) is 63.1 Å². The molecule has 4 rings (SSSR count). The SMILES string of the molecule is CCc1ccc(NC(=O)CSc2nc3scc(-c4cccs4)c3c(=O)n2C)cc1. The summed E-state index contributed by atoms with van der Waals surface area (Å²) < 4.78 is 1.53. The number of nitrogens with one attached hydrogen (secondary N) is 1. The highest BCUT2D eigenvalue weighted by Gasteiger charge is 2.17. The topological polar surface area (TPSA) is 64.0 Å². The third kappa shape index (κ3) is 4.14. The Balaban J connectivity index is 1.51. The minimum atomic E-state index is -0.126. The molecule has 0 spiro atoms. The molecule has 3 heterocycles. The van der Waals surface area contributed by atoms with Crippen LogP contribution in [0.5, 0.6) is 0 Å². The second-order valence-corrected chi connectivity index (χ2v) is 9.20. The van der Waals surface area contributed by atoms with Crippen LogP contribution in [-0.4, -0.2) is 21.2 Å². The number of amides is 1. The van der Waals surface area contributed by atoms with Crippen molar-refractivity contribution in [3.63, 3.8) is 0 Å². The van der Waals surface area contributed by atoms with Gasteiger partial charge in [0.15, 0.2) is 5.16 Å². The summed E-state index contributed by atoms with van der Waals surface area (Å²) in [5.74, 6) is 0.0591. The van der Waals surface area contributed by atoms with Gasteiger partial charge in [0.25, 0.3) is 5.56 Å². The van der Waals surface area contributed by atoms with Crippen molar-refractivity contribution in [1.29, 1.82) is 0 Å². The van der Waals surface area contributed by atoms with Gasteiger partial charge in [0.2, 0.25) is 5.91 Å². The maximum atomic E-state index is 12.9. The van der Waals surface area contributed by atoms with E-state index >= 15 is 0 Å². The number of benzene rings is 1. The Morgan fingerprint density at radius 2 is 2.00 bits per heavy atom. The van der Waals surface area contributed by atoms with Gasteiger partial charge in [0.05, 0.1) is 11.1 Å². The maximum absolute atomic E-state index is 12.9. The molecule has 0 bridgehead atoms. The smallest absolute Gasteiger partial charge is 0.263 e. The van der Waals surface area contributed by atoms with E-state index in [4.69, 9.17) is 0 Å². The number of anilines is 1. The zero-order valence-electron chi connectivity index (χ0n) is 16.0. The lowest BCUT2D eigenvalue weighted by Crippen LogP contribution is -2.21. The minimum Gasteiger partial charge on any atom is -0.325 e. The zero-order chi connectivity index (χ0) is 20.4. The molecule has 8 heteroatoms. The van der Waals surface area contributed by atoms with Gasteiger partial charge in [-0.15, -0.1) is 22.7 Å². The van der Waals surface area contributed by atoms with Crippen LogP contribution in [0.15, 0.2) is 57.1 Å². The Hall–Kier alpha value is -2.42. The first kappa shape index (κ1) is 19.9. The molecular formula is C21H19N3O2S3. The van der Waals surface area contributed by atoms with Crippen molar-refractivity contribution < 1.29 is 4.79 Å². The van der Waals surface area contributed by atoms with Crippen LogP contribution in [-0.2, 0) is 18.3 Å². The summed E-state index contributed by atoms with van der Waals surface area (Å²) in [7, 11) is 1.70. The average Bonchev–Trinajstić information content (AvgIpc) is 3.40. The first-order valence-corrected chi connectivity index (χ1v) is 11.8. The summed E-state index contributed by atoms with van der Waals surface area (Å²) in [5.41, 5.74) is 2.84. The number of thiophene rings is 2. The Labute approximate surface area is 180 Å². The number of hydrogen-bond acceptors (Lipinski definition) is 6. The number of hydrogen-bond donors (Lipinski definition) is 1. The summed E-state index contributed by atoms with van der Waals surface area (Å²) >= 11 is 4.33. The van der Waals surface area contributed by atoms with Crippen molar-refractivity contribution in [2.75, 3.05) is 11.1 Å². The number of rotatable bonds is 6. The van der Waals surface area contributed by atoms with Gasteiger partial charge in [0, 0.05) is 28.6 Å². The standard InChI is InChI=1S/C21H19N3O2S3/c1-3-13-6-8-14(9-7-13)22-17(25)12-29-21-23-19-18(20(26)24(21)2)15(11-28-19)16-5-4-10-27-16/h4-11H,3,12H2,1-2H3,(H,22,25). The highest BCUT2D eigenvalue weighted by Crippen LogP contribution is 2.34. The molecule has 5 nitrogen and oxygen atoms in total. The first-order valence-electron chi connectivity index (χ1n) is 9.10. The van der Waals surface area contributed by atoms with Crippen molar-refractivity contribution in [2.45, 2.75) is 18.5 Å². The average molecular weight is 442 g/mol.